The molecule has 10 heteroatoms. The molecule has 0 spiro atoms. The fraction of sp³-hybridized carbons (Fsp3) is 0.391. The summed E-state index contributed by atoms with van der Waals surface area (Å²) >= 11 is 5.88. The Balaban J connectivity index is 1.74. The summed E-state index contributed by atoms with van der Waals surface area (Å²) < 4.78 is 32.4. The molecule has 2 N–H and O–H groups in total. The Morgan fingerprint density at radius 3 is 2.39 bits per heavy atom. The molecule has 8 nitrogen and oxygen atoms in total. The highest BCUT2D eigenvalue weighted by Gasteiger charge is 2.27. The number of carbonyl (C=O) groups is 2. The second-order valence-corrected chi connectivity index (χ2v) is 10.6. The van der Waals surface area contributed by atoms with E-state index in [1.54, 1.807) is 36.4 Å². The van der Waals surface area contributed by atoms with Gasteiger partial charge in [0.25, 0.3) is 5.91 Å². The first-order valence-corrected chi connectivity index (χ1v) is 12.5. The lowest BCUT2D eigenvalue weighted by atomic mass is 10.0. The Kier molecular flexibility index (Phi) is 8.47. The summed E-state index contributed by atoms with van der Waals surface area (Å²) in [5, 5.41) is 6.02. The topological polar surface area (TPSA) is 105 Å². The summed E-state index contributed by atoms with van der Waals surface area (Å²) in [5.74, 6) is -0.678. The Morgan fingerprint density at radius 2 is 1.76 bits per heavy atom. The zero-order valence-electron chi connectivity index (χ0n) is 18.6. The number of ether oxygens (including phenoxy) is 1. The second kappa shape index (κ2) is 11.1. The first-order valence-electron chi connectivity index (χ1n) is 10.7. The van der Waals surface area contributed by atoms with Crippen molar-refractivity contribution in [2.45, 2.75) is 31.2 Å². The van der Waals surface area contributed by atoms with Crippen LogP contribution in [0.1, 0.15) is 30.6 Å². The molecule has 2 aromatic carbocycles. The van der Waals surface area contributed by atoms with Gasteiger partial charge in [-0.25, -0.2) is 8.42 Å². The number of anilines is 1. The van der Waals surface area contributed by atoms with Gasteiger partial charge < -0.3 is 15.4 Å². The van der Waals surface area contributed by atoms with Crippen molar-refractivity contribution < 1.29 is 22.7 Å². The number of hydrogen-bond acceptors (Lipinski definition) is 5. The Hall–Kier alpha value is -2.46. The third-order valence-electron chi connectivity index (χ3n) is 5.14. The van der Waals surface area contributed by atoms with Crippen molar-refractivity contribution >= 4 is 39.1 Å². The number of hydrogen-bond donors (Lipinski definition) is 2. The SMILES string of the molecule is CC(C)CC(NC(=O)c1ccc(Cl)cc1)C(=O)Nc1cccc(S(=O)(=O)N2CCOCC2)c1. The number of amides is 2. The monoisotopic (exact) mass is 493 g/mol. The number of sulfonamides is 1. The molecule has 0 radical (unpaired) electrons. The zero-order valence-corrected chi connectivity index (χ0v) is 20.2. The molecule has 2 aromatic rings. The third-order valence-corrected chi connectivity index (χ3v) is 7.29. The highest BCUT2D eigenvalue weighted by molar-refractivity contribution is 7.89. The van der Waals surface area contributed by atoms with Gasteiger partial charge in [-0.1, -0.05) is 31.5 Å². The second-order valence-electron chi connectivity index (χ2n) is 8.20. The number of morpholine rings is 1. The molecule has 1 unspecified atom stereocenters. The lowest BCUT2D eigenvalue weighted by Crippen LogP contribution is -2.44. The number of halogens is 1. The minimum atomic E-state index is -3.70. The van der Waals surface area contributed by atoms with Gasteiger partial charge in [0, 0.05) is 29.4 Å². The summed E-state index contributed by atoms with van der Waals surface area (Å²) in [6.07, 6.45) is 0.414. The Morgan fingerprint density at radius 1 is 1.09 bits per heavy atom. The van der Waals surface area contributed by atoms with Crippen molar-refractivity contribution in [2.24, 2.45) is 5.92 Å². The maximum atomic E-state index is 13.0. The summed E-state index contributed by atoms with van der Waals surface area (Å²) in [6, 6.07) is 11.7. The van der Waals surface area contributed by atoms with E-state index in [2.05, 4.69) is 10.6 Å². The number of nitrogens with zero attached hydrogens (tertiary/aromatic N) is 1. The van der Waals surface area contributed by atoms with Gasteiger partial charge in [-0.05, 0) is 54.8 Å². The normalized spacial score (nSPS) is 15.8. The fourth-order valence-corrected chi connectivity index (χ4v) is 5.03. The first-order chi connectivity index (χ1) is 15.7. The van der Waals surface area contributed by atoms with Crippen LogP contribution in [0.4, 0.5) is 5.69 Å². The van der Waals surface area contributed by atoms with Crippen molar-refractivity contribution in [3.63, 3.8) is 0 Å². The fourth-order valence-electron chi connectivity index (χ4n) is 3.45. The summed E-state index contributed by atoms with van der Waals surface area (Å²) in [7, 11) is -3.70. The van der Waals surface area contributed by atoms with Crippen LogP contribution in [0.3, 0.4) is 0 Å². The van der Waals surface area contributed by atoms with Crippen LogP contribution >= 0.6 is 11.6 Å². The van der Waals surface area contributed by atoms with E-state index in [4.69, 9.17) is 16.3 Å². The number of benzene rings is 2. The molecule has 1 aliphatic heterocycles. The van der Waals surface area contributed by atoms with Crippen LogP contribution in [0.2, 0.25) is 5.02 Å². The molecule has 0 aromatic heterocycles. The number of rotatable bonds is 8. The molecule has 2 amide bonds. The molecule has 1 heterocycles. The molecule has 1 saturated heterocycles. The Bertz CT molecular complexity index is 1080. The van der Waals surface area contributed by atoms with E-state index in [9.17, 15) is 18.0 Å². The predicted molar refractivity (Wildman–Crippen MR) is 127 cm³/mol. The van der Waals surface area contributed by atoms with Crippen LogP contribution in [0.5, 0.6) is 0 Å². The van der Waals surface area contributed by atoms with Crippen LogP contribution in [0.25, 0.3) is 0 Å². The number of carbonyl (C=O) groups excluding carboxylic acids is 2. The molecular formula is C23H28ClN3O5S. The maximum absolute atomic E-state index is 13.0. The average molecular weight is 494 g/mol. The van der Waals surface area contributed by atoms with Gasteiger partial charge in [0.2, 0.25) is 15.9 Å². The third kappa shape index (κ3) is 6.77. The van der Waals surface area contributed by atoms with Gasteiger partial charge in [0.05, 0.1) is 18.1 Å². The molecular weight excluding hydrogens is 466 g/mol. The van der Waals surface area contributed by atoms with Crippen molar-refractivity contribution in [3.8, 4) is 0 Å². The highest BCUT2D eigenvalue weighted by Crippen LogP contribution is 2.21. The summed E-state index contributed by atoms with van der Waals surface area (Å²) in [6.45, 7) is 5.16. The van der Waals surface area contributed by atoms with Gasteiger partial charge in [-0.3, -0.25) is 9.59 Å². The van der Waals surface area contributed by atoms with Gasteiger partial charge in [-0.2, -0.15) is 4.31 Å². The largest absolute Gasteiger partial charge is 0.379 e. The average Bonchev–Trinajstić information content (AvgIpc) is 2.79. The summed E-state index contributed by atoms with van der Waals surface area (Å²) in [5.41, 5.74) is 0.725. The molecule has 1 atom stereocenters. The van der Waals surface area contributed by atoms with Crippen LogP contribution < -0.4 is 10.6 Å². The van der Waals surface area contributed by atoms with Gasteiger partial charge in [0.15, 0.2) is 0 Å². The van der Waals surface area contributed by atoms with Gasteiger partial charge >= 0.3 is 0 Å². The Labute approximate surface area is 199 Å². The van der Waals surface area contributed by atoms with E-state index in [1.807, 2.05) is 13.8 Å². The lowest BCUT2D eigenvalue weighted by Gasteiger charge is -2.26. The van der Waals surface area contributed by atoms with E-state index < -0.39 is 27.9 Å². The summed E-state index contributed by atoms with van der Waals surface area (Å²) in [4.78, 5) is 25.7. The van der Waals surface area contributed by atoms with Crippen LogP contribution in [-0.4, -0.2) is 56.9 Å². The molecule has 0 saturated carbocycles. The first kappa shape index (κ1) is 25.2. The molecule has 178 valence electrons. The van der Waals surface area contributed by atoms with E-state index in [-0.39, 0.29) is 23.9 Å². The standard InChI is InChI=1S/C23H28ClN3O5S/c1-16(2)14-21(26-22(28)17-6-8-18(24)9-7-17)23(29)25-19-4-3-5-20(15-19)33(30,31)27-10-12-32-13-11-27/h3-9,15-16,21H,10-14H2,1-2H3,(H,25,29)(H,26,28). The molecule has 1 fully saturated rings. The van der Waals surface area contributed by atoms with Gasteiger partial charge in [0.1, 0.15) is 6.04 Å². The predicted octanol–water partition coefficient (Wildman–Crippen LogP) is 3.14. The van der Waals surface area contributed by atoms with Crippen molar-refractivity contribution in [3.05, 3.63) is 59.1 Å². The van der Waals surface area contributed by atoms with E-state index in [0.29, 0.717) is 35.9 Å². The van der Waals surface area contributed by atoms with Crippen LogP contribution in [0.15, 0.2) is 53.4 Å². The minimum Gasteiger partial charge on any atom is -0.379 e. The quantitative estimate of drug-likeness (QED) is 0.587. The van der Waals surface area contributed by atoms with Crippen molar-refractivity contribution in [1.82, 2.24) is 9.62 Å². The van der Waals surface area contributed by atoms with Crippen molar-refractivity contribution in [2.75, 3.05) is 31.6 Å². The maximum Gasteiger partial charge on any atom is 0.251 e. The van der Waals surface area contributed by atoms with E-state index in [0.717, 1.165) is 0 Å². The lowest BCUT2D eigenvalue weighted by molar-refractivity contribution is -0.118. The molecule has 0 aliphatic carbocycles. The van der Waals surface area contributed by atoms with Gasteiger partial charge in [-0.15, -0.1) is 0 Å². The van der Waals surface area contributed by atoms with Crippen molar-refractivity contribution in [1.29, 1.82) is 0 Å². The molecule has 0 bridgehead atoms. The van der Waals surface area contributed by atoms with E-state index >= 15 is 0 Å². The zero-order chi connectivity index (χ0) is 24.0. The van der Waals surface area contributed by atoms with E-state index in [1.165, 1.54) is 16.4 Å². The van der Waals surface area contributed by atoms with Crippen LogP contribution in [-0.2, 0) is 19.6 Å². The molecule has 3 rings (SSSR count). The highest BCUT2D eigenvalue weighted by atomic mass is 35.5. The molecule has 1 aliphatic rings. The number of nitrogens with one attached hydrogen (secondary N) is 2. The molecule has 33 heavy (non-hydrogen) atoms. The van der Waals surface area contributed by atoms with Crippen LogP contribution in [0, 0.1) is 5.92 Å². The smallest absolute Gasteiger partial charge is 0.251 e. The minimum absolute atomic E-state index is 0.0906.